The number of nitrogens with one attached hydrogen (secondary N) is 1. The van der Waals surface area contributed by atoms with Gasteiger partial charge in [0.15, 0.2) is 0 Å². The normalized spacial score (nSPS) is 15.3. The van der Waals surface area contributed by atoms with Crippen molar-refractivity contribution in [3.05, 3.63) is 65.7 Å². The second kappa shape index (κ2) is 5.72. The summed E-state index contributed by atoms with van der Waals surface area (Å²) in [5.41, 5.74) is 7.25. The van der Waals surface area contributed by atoms with Crippen LogP contribution in [0.15, 0.2) is 59.7 Å². The molecule has 1 aromatic heterocycles. The van der Waals surface area contributed by atoms with E-state index in [4.69, 9.17) is 4.74 Å². The van der Waals surface area contributed by atoms with E-state index in [1.54, 1.807) is 0 Å². The van der Waals surface area contributed by atoms with E-state index in [-0.39, 0.29) is 0 Å². The number of anilines is 1. The molecule has 23 heavy (non-hydrogen) atoms. The monoisotopic (exact) mass is 303 g/mol. The van der Waals surface area contributed by atoms with Crippen molar-refractivity contribution in [3.8, 4) is 5.75 Å². The van der Waals surface area contributed by atoms with Crippen LogP contribution in [0.25, 0.3) is 10.9 Å². The number of benzene rings is 2. The number of ether oxygens (including phenoxy) is 1. The molecule has 4 nitrogen and oxygen atoms in total. The van der Waals surface area contributed by atoms with Crippen LogP contribution in [0.1, 0.15) is 17.5 Å². The number of para-hydroxylation sites is 2. The van der Waals surface area contributed by atoms with Gasteiger partial charge in [-0.05, 0) is 36.8 Å². The molecule has 0 atom stereocenters. The van der Waals surface area contributed by atoms with Gasteiger partial charge >= 0.3 is 0 Å². The number of fused-ring (bicyclic) bond motifs is 2. The molecule has 0 saturated heterocycles. The summed E-state index contributed by atoms with van der Waals surface area (Å²) in [6, 6.07) is 18.2. The molecule has 114 valence electrons. The van der Waals surface area contributed by atoms with E-state index in [2.05, 4.69) is 40.6 Å². The minimum atomic E-state index is 0.656. The smallest absolute Gasteiger partial charge is 0.146 e. The summed E-state index contributed by atoms with van der Waals surface area (Å²) >= 11 is 0. The second-order valence-corrected chi connectivity index (χ2v) is 5.61. The molecule has 3 aromatic rings. The molecular weight excluding hydrogens is 286 g/mol. The Balaban J connectivity index is 1.65. The molecule has 0 radical (unpaired) electrons. The van der Waals surface area contributed by atoms with Crippen molar-refractivity contribution in [2.24, 2.45) is 5.10 Å². The van der Waals surface area contributed by atoms with Gasteiger partial charge in [0.25, 0.3) is 0 Å². The number of hydrogen-bond donors (Lipinski definition) is 1. The van der Waals surface area contributed by atoms with Gasteiger partial charge in [-0.25, -0.2) is 4.98 Å². The summed E-state index contributed by atoms with van der Waals surface area (Å²) in [6.45, 7) is 2.71. The Morgan fingerprint density at radius 2 is 1.96 bits per heavy atom. The Bertz CT molecular complexity index is 902. The van der Waals surface area contributed by atoms with Gasteiger partial charge < -0.3 is 4.74 Å². The van der Waals surface area contributed by atoms with E-state index in [1.165, 1.54) is 0 Å². The Morgan fingerprint density at radius 3 is 2.91 bits per heavy atom. The average molecular weight is 303 g/mol. The van der Waals surface area contributed by atoms with Crippen molar-refractivity contribution in [1.29, 1.82) is 0 Å². The summed E-state index contributed by atoms with van der Waals surface area (Å²) in [6.07, 6.45) is 0.789. The first-order valence-electron chi connectivity index (χ1n) is 7.72. The van der Waals surface area contributed by atoms with Crippen molar-refractivity contribution < 1.29 is 4.74 Å². The summed E-state index contributed by atoms with van der Waals surface area (Å²) < 4.78 is 5.77. The first kappa shape index (κ1) is 13.8. The zero-order valence-corrected chi connectivity index (χ0v) is 12.9. The lowest BCUT2D eigenvalue weighted by Gasteiger charge is -2.20. The van der Waals surface area contributed by atoms with Crippen LogP contribution in [-0.2, 0) is 0 Å². The molecule has 0 amide bonds. The van der Waals surface area contributed by atoms with Crippen LogP contribution in [0.3, 0.4) is 0 Å². The third-order valence-electron chi connectivity index (χ3n) is 4.01. The number of aryl methyl sites for hydroxylation is 1. The van der Waals surface area contributed by atoms with Crippen LogP contribution in [-0.4, -0.2) is 17.3 Å². The molecule has 0 fully saturated rings. The van der Waals surface area contributed by atoms with E-state index in [9.17, 15) is 0 Å². The fourth-order valence-corrected chi connectivity index (χ4v) is 2.82. The first-order valence-corrected chi connectivity index (χ1v) is 7.72. The lowest BCUT2D eigenvalue weighted by Crippen LogP contribution is -2.18. The van der Waals surface area contributed by atoms with Crippen LogP contribution in [0.4, 0.5) is 5.82 Å². The standard InChI is InChI=1S/C19H17N3O/c1-13-5-4-7-15-17(11-12-23-19(13)15)21-22-18-10-9-14-6-2-3-8-16(14)20-18/h2-10H,11-12H2,1H3,(H,20,22)/b21-17-. The molecule has 4 rings (SSSR count). The molecule has 0 spiro atoms. The van der Waals surface area contributed by atoms with Crippen molar-refractivity contribution in [3.63, 3.8) is 0 Å². The minimum Gasteiger partial charge on any atom is -0.492 e. The molecule has 1 aliphatic rings. The molecule has 0 bridgehead atoms. The number of hydrazone groups is 1. The predicted octanol–water partition coefficient (Wildman–Crippen LogP) is 4.14. The predicted molar refractivity (Wildman–Crippen MR) is 93.2 cm³/mol. The Kier molecular flexibility index (Phi) is 3.42. The quantitative estimate of drug-likeness (QED) is 0.724. The molecule has 2 aromatic carbocycles. The molecule has 0 saturated carbocycles. The van der Waals surface area contributed by atoms with Crippen LogP contribution in [0, 0.1) is 6.92 Å². The van der Waals surface area contributed by atoms with Crippen molar-refractivity contribution in [1.82, 2.24) is 4.98 Å². The van der Waals surface area contributed by atoms with Gasteiger partial charge in [-0.3, -0.25) is 5.43 Å². The number of hydrogen-bond acceptors (Lipinski definition) is 4. The van der Waals surface area contributed by atoms with E-state index in [0.717, 1.165) is 45.7 Å². The third kappa shape index (κ3) is 2.63. The topological polar surface area (TPSA) is 46.5 Å². The molecule has 4 heteroatoms. The maximum Gasteiger partial charge on any atom is 0.146 e. The van der Waals surface area contributed by atoms with Gasteiger partial charge in [-0.2, -0.15) is 5.10 Å². The summed E-state index contributed by atoms with van der Waals surface area (Å²) in [4.78, 5) is 4.58. The van der Waals surface area contributed by atoms with Crippen LogP contribution in [0.2, 0.25) is 0 Å². The van der Waals surface area contributed by atoms with Crippen LogP contribution >= 0.6 is 0 Å². The Labute approximate surface area is 134 Å². The highest BCUT2D eigenvalue weighted by Gasteiger charge is 2.18. The average Bonchev–Trinajstić information content (AvgIpc) is 2.60. The Hall–Kier alpha value is -2.88. The molecular formula is C19H17N3O. The Morgan fingerprint density at radius 1 is 1.04 bits per heavy atom. The molecule has 1 aliphatic heterocycles. The maximum atomic E-state index is 5.77. The van der Waals surface area contributed by atoms with E-state index in [0.29, 0.717) is 6.61 Å². The number of aromatic nitrogens is 1. The molecule has 0 unspecified atom stereocenters. The van der Waals surface area contributed by atoms with E-state index in [1.807, 2.05) is 36.4 Å². The largest absolute Gasteiger partial charge is 0.492 e. The molecule has 0 aliphatic carbocycles. The molecule has 2 heterocycles. The summed E-state index contributed by atoms with van der Waals surface area (Å²) in [7, 11) is 0. The summed E-state index contributed by atoms with van der Waals surface area (Å²) in [5, 5.41) is 5.69. The van der Waals surface area contributed by atoms with Crippen molar-refractivity contribution in [2.75, 3.05) is 12.0 Å². The van der Waals surface area contributed by atoms with Gasteiger partial charge in [0.2, 0.25) is 0 Å². The van der Waals surface area contributed by atoms with Gasteiger partial charge in [0.1, 0.15) is 11.6 Å². The highest BCUT2D eigenvalue weighted by molar-refractivity contribution is 6.04. The number of nitrogens with zero attached hydrogens (tertiary/aromatic N) is 2. The van der Waals surface area contributed by atoms with E-state index < -0.39 is 0 Å². The summed E-state index contributed by atoms with van der Waals surface area (Å²) in [5.74, 6) is 1.68. The van der Waals surface area contributed by atoms with Gasteiger partial charge in [-0.15, -0.1) is 0 Å². The highest BCUT2D eigenvalue weighted by Crippen LogP contribution is 2.28. The van der Waals surface area contributed by atoms with Crippen molar-refractivity contribution >= 4 is 22.4 Å². The van der Waals surface area contributed by atoms with Crippen LogP contribution < -0.4 is 10.2 Å². The zero-order chi connectivity index (χ0) is 15.6. The van der Waals surface area contributed by atoms with Crippen LogP contribution in [0.5, 0.6) is 5.75 Å². The van der Waals surface area contributed by atoms with Crippen molar-refractivity contribution in [2.45, 2.75) is 13.3 Å². The lowest BCUT2D eigenvalue weighted by atomic mass is 10.0. The molecule has 1 N–H and O–H groups in total. The number of pyridine rings is 1. The maximum absolute atomic E-state index is 5.77. The minimum absolute atomic E-state index is 0.656. The number of rotatable bonds is 2. The van der Waals surface area contributed by atoms with Gasteiger partial charge in [-0.1, -0.05) is 30.3 Å². The lowest BCUT2D eigenvalue weighted by molar-refractivity contribution is 0.318. The van der Waals surface area contributed by atoms with Gasteiger partial charge in [0, 0.05) is 17.4 Å². The SMILES string of the molecule is Cc1cccc2c1OCC/C2=N/Nc1ccc2ccccc2n1. The fourth-order valence-electron chi connectivity index (χ4n) is 2.82. The van der Waals surface area contributed by atoms with E-state index >= 15 is 0 Å². The third-order valence-corrected chi connectivity index (χ3v) is 4.01. The first-order chi connectivity index (χ1) is 11.3. The fraction of sp³-hybridized carbons (Fsp3) is 0.158. The zero-order valence-electron chi connectivity index (χ0n) is 12.9. The highest BCUT2D eigenvalue weighted by atomic mass is 16.5. The second-order valence-electron chi connectivity index (χ2n) is 5.61. The van der Waals surface area contributed by atoms with Gasteiger partial charge in [0.05, 0.1) is 17.8 Å².